The van der Waals surface area contributed by atoms with E-state index in [4.69, 9.17) is 0 Å². The maximum absolute atomic E-state index is 12.9. The van der Waals surface area contributed by atoms with Gasteiger partial charge in [-0.2, -0.15) is 0 Å². The topological polar surface area (TPSA) is 46.2 Å². The average molecular weight is 361 g/mol. The van der Waals surface area contributed by atoms with Gasteiger partial charge in [-0.1, -0.05) is 90.6 Å². The Morgan fingerprint density at radius 3 is 1.69 bits per heavy atom. The average Bonchev–Trinajstić information content (AvgIpc) is 2.70. The number of hydrogen-bond acceptors (Lipinski definition) is 3. The fraction of sp³-hybridized carbons (Fsp3) is 0.0909. The Hall–Kier alpha value is -2.85. The SMILES string of the molecule is O=C(NCSC(=O)C(c1ccccc1)c1ccccc1)c1ccccc1. The summed E-state index contributed by atoms with van der Waals surface area (Å²) in [4.78, 5) is 25.0. The molecule has 26 heavy (non-hydrogen) atoms. The number of carbonyl (C=O) groups excluding carboxylic acids is 2. The van der Waals surface area contributed by atoms with Gasteiger partial charge in [0.15, 0.2) is 0 Å². The fourth-order valence-electron chi connectivity index (χ4n) is 2.70. The summed E-state index contributed by atoms with van der Waals surface area (Å²) in [6, 6.07) is 28.4. The van der Waals surface area contributed by atoms with Crippen molar-refractivity contribution in [3.63, 3.8) is 0 Å². The number of nitrogens with one attached hydrogen (secondary N) is 1. The van der Waals surface area contributed by atoms with Crippen LogP contribution in [0.5, 0.6) is 0 Å². The van der Waals surface area contributed by atoms with Gasteiger partial charge in [-0.25, -0.2) is 0 Å². The van der Waals surface area contributed by atoms with Crippen molar-refractivity contribution in [2.24, 2.45) is 0 Å². The lowest BCUT2D eigenvalue weighted by Gasteiger charge is -2.16. The molecule has 0 atom stereocenters. The summed E-state index contributed by atoms with van der Waals surface area (Å²) in [6.07, 6.45) is 0. The number of carbonyl (C=O) groups is 2. The first-order valence-electron chi connectivity index (χ1n) is 8.35. The van der Waals surface area contributed by atoms with Gasteiger partial charge in [-0.15, -0.1) is 0 Å². The Morgan fingerprint density at radius 1 is 0.731 bits per heavy atom. The van der Waals surface area contributed by atoms with E-state index in [0.29, 0.717) is 5.56 Å². The Kier molecular flexibility index (Phi) is 6.23. The van der Waals surface area contributed by atoms with Crippen LogP contribution >= 0.6 is 11.8 Å². The predicted octanol–water partition coefficient (Wildman–Crippen LogP) is 4.47. The minimum Gasteiger partial charge on any atom is -0.343 e. The third-order valence-electron chi connectivity index (χ3n) is 3.98. The smallest absolute Gasteiger partial charge is 0.251 e. The lowest BCUT2D eigenvalue weighted by molar-refractivity contribution is -0.111. The van der Waals surface area contributed by atoms with Gasteiger partial charge >= 0.3 is 0 Å². The van der Waals surface area contributed by atoms with Gasteiger partial charge in [-0.3, -0.25) is 9.59 Å². The molecule has 0 heterocycles. The molecule has 1 N–H and O–H groups in total. The molecule has 3 aromatic carbocycles. The Balaban J connectivity index is 1.68. The molecule has 0 radical (unpaired) electrons. The molecule has 0 fully saturated rings. The van der Waals surface area contributed by atoms with E-state index in [1.807, 2.05) is 78.9 Å². The second kappa shape index (κ2) is 9.02. The third-order valence-corrected chi connectivity index (χ3v) is 4.79. The van der Waals surface area contributed by atoms with Crippen molar-refractivity contribution >= 4 is 22.8 Å². The van der Waals surface area contributed by atoms with Crippen LogP contribution in [0.25, 0.3) is 0 Å². The molecule has 0 aliphatic rings. The van der Waals surface area contributed by atoms with Crippen molar-refractivity contribution < 1.29 is 9.59 Å². The zero-order valence-electron chi connectivity index (χ0n) is 14.2. The van der Waals surface area contributed by atoms with E-state index in [9.17, 15) is 9.59 Å². The zero-order chi connectivity index (χ0) is 18.2. The maximum Gasteiger partial charge on any atom is 0.251 e. The van der Waals surface area contributed by atoms with Crippen molar-refractivity contribution in [2.75, 3.05) is 5.88 Å². The highest BCUT2D eigenvalue weighted by Gasteiger charge is 2.23. The highest BCUT2D eigenvalue weighted by molar-refractivity contribution is 8.13. The monoisotopic (exact) mass is 361 g/mol. The van der Waals surface area contributed by atoms with Gasteiger partial charge < -0.3 is 5.32 Å². The van der Waals surface area contributed by atoms with Gasteiger partial charge in [-0.05, 0) is 23.3 Å². The first-order chi connectivity index (χ1) is 12.8. The number of amides is 1. The largest absolute Gasteiger partial charge is 0.343 e. The van der Waals surface area contributed by atoms with E-state index in [1.54, 1.807) is 12.1 Å². The quantitative estimate of drug-likeness (QED) is 0.659. The molecule has 0 aromatic heterocycles. The lowest BCUT2D eigenvalue weighted by Crippen LogP contribution is -2.24. The van der Waals surface area contributed by atoms with Crippen molar-refractivity contribution in [1.82, 2.24) is 5.32 Å². The lowest BCUT2D eigenvalue weighted by atomic mass is 9.92. The van der Waals surface area contributed by atoms with Gasteiger partial charge in [0, 0.05) is 5.56 Å². The molecular formula is C22H19NO2S. The normalized spacial score (nSPS) is 10.5. The second-order valence-corrected chi connectivity index (χ2v) is 6.71. The second-order valence-electron chi connectivity index (χ2n) is 5.73. The van der Waals surface area contributed by atoms with Crippen LogP contribution in [0.1, 0.15) is 27.4 Å². The van der Waals surface area contributed by atoms with Crippen LogP contribution in [0.15, 0.2) is 91.0 Å². The van der Waals surface area contributed by atoms with E-state index < -0.39 is 0 Å². The summed E-state index contributed by atoms with van der Waals surface area (Å²) in [5, 5.41) is 2.80. The third kappa shape index (κ3) is 4.61. The zero-order valence-corrected chi connectivity index (χ0v) is 15.0. The van der Waals surface area contributed by atoms with Gasteiger partial charge in [0.05, 0.1) is 11.8 Å². The number of benzene rings is 3. The van der Waals surface area contributed by atoms with Gasteiger partial charge in [0.25, 0.3) is 5.91 Å². The highest BCUT2D eigenvalue weighted by Crippen LogP contribution is 2.29. The maximum atomic E-state index is 12.9. The van der Waals surface area contributed by atoms with E-state index >= 15 is 0 Å². The minimum atomic E-state index is -0.351. The fourth-order valence-corrected chi connectivity index (χ4v) is 3.49. The Labute approximate surface area is 157 Å². The molecule has 4 heteroatoms. The van der Waals surface area contributed by atoms with Crippen LogP contribution in [0.4, 0.5) is 0 Å². The molecule has 3 nitrogen and oxygen atoms in total. The molecule has 0 saturated carbocycles. The summed E-state index contributed by atoms with van der Waals surface area (Å²) in [5.41, 5.74) is 2.49. The van der Waals surface area contributed by atoms with Gasteiger partial charge in [0.2, 0.25) is 5.12 Å². The molecule has 3 rings (SSSR count). The molecule has 0 saturated heterocycles. The summed E-state index contributed by atoms with van der Waals surface area (Å²) in [6.45, 7) is 0. The van der Waals surface area contributed by atoms with E-state index in [2.05, 4.69) is 5.32 Å². The van der Waals surface area contributed by atoms with Crippen LogP contribution in [-0.4, -0.2) is 16.9 Å². The van der Waals surface area contributed by atoms with E-state index in [1.165, 1.54) is 0 Å². The molecule has 3 aromatic rings. The molecule has 0 aliphatic heterocycles. The number of hydrogen-bond donors (Lipinski definition) is 1. The summed E-state index contributed by atoms with van der Waals surface area (Å²) in [7, 11) is 0. The van der Waals surface area contributed by atoms with Crippen LogP contribution < -0.4 is 5.32 Å². The van der Waals surface area contributed by atoms with E-state index in [0.717, 1.165) is 22.9 Å². The van der Waals surface area contributed by atoms with Crippen LogP contribution in [0.2, 0.25) is 0 Å². The van der Waals surface area contributed by atoms with Crippen molar-refractivity contribution in [2.45, 2.75) is 5.92 Å². The van der Waals surface area contributed by atoms with Gasteiger partial charge in [0.1, 0.15) is 0 Å². The molecule has 0 aliphatic carbocycles. The molecule has 0 unspecified atom stereocenters. The summed E-state index contributed by atoms with van der Waals surface area (Å²) < 4.78 is 0. The molecule has 130 valence electrons. The van der Waals surface area contributed by atoms with Crippen molar-refractivity contribution in [3.8, 4) is 0 Å². The Morgan fingerprint density at radius 2 is 1.19 bits per heavy atom. The Bertz CT molecular complexity index is 812. The molecule has 0 spiro atoms. The molecule has 1 amide bonds. The van der Waals surface area contributed by atoms with Crippen LogP contribution in [0.3, 0.4) is 0 Å². The standard InChI is InChI=1S/C22H19NO2S/c24-21(19-14-8-3-9-15-19)23-16-26-22(25)20(17-10-4-1-5-11-17)18-12-6-2-7-13-18/h1-15,20H,16H2,(H,23,24). The summed E-state index contributed by atoms with van der Waals surface area (Å²) in [5.74, 6) is -0.291. The number of thioether (sulfide) groups is 1. The first kappa shape index (κ1) is 18.0. The molecular weight excluding hydrogens is 342 g/mol. The van der Waals surface area contributed by atoms with Crippen LogP contribution in [-0.2, 0) is 4.79 Å². The van der Waals surface area contributed by atoms with Crippen molar-refractivity contribution in [1.29, 1.82) is 0 Å². The van der Waals surface area contributed by atoms with Crippen LogP contribution in [0, 0.1) is 0 Å². The first-order valence-corrected chi connectivity index (χ1v) is 9.34. The summed E-state index contributed by atoms with van der Waals surface area (Å²) >= 11 is 1.13. The van der Waals surface area contributed by atoms with Crippen molar-refractivity contribution in [3.05, 3.63) is 108 Å². The molecule has 0 bridgehead atoms. The van der Waals surface area contributed by atoms with E-state index in [-0.39, 0.29) is 22.8 Å². The predicted molar refractivity (Wildman–Crippen MR) is 106 cm³/mol. The minimum absolute atomic E-state index is 0.00996. The number of rotatable bonds is 6. The highest BCUT2D eigenvalue weighted by atomic mass is 32.2.